The van der Waals surface area contributed by atoms with Gasteiger partial charge in [-0.1, -0.05) is 0 Å². The summed E-state index contributed by atoms with van der Waals surface area (Å²) in [4.78, 5) is 34.9. The first-order valence-electron chi connectivity index (χ1n) is 9.17. The quantitative estimate of drug-likeness (QED) is 0.562. The molecule has 1 aliphatic rings. The number of ketones is 1. The van der Waals surface area contributed by atoms with Gasteiger partial charge in [0.15, 0.2) is 0 Å². The van der Waals surface area contributed by atoms with Gasteiger partial charge >= 0.3 is 11.9 Å². The van der Waals surface area contributed by atoms with Crippen LogP contribution < -0.4 is 0 Å². The summed E-state index contributed by atoms with van der Waals surface area (Å²) in [6, 6.07) is 0. The van der Waals surface area contributed by atoms with Crippen molar-refractivity contribution in [3.63, 3.8) is 0 Å². The largest absolute Gasteiger partial charge is 0.481 e. The van der Waals surface area contributed by atoms with Crippen LogP contribution in [0.1, 0.15) is 64.4 Å². The molecule has 0 aromatic carbocycles. The molecule has 0 radical (unpaired) electrons. The van der Waals surface area contributed by atoms with Crippen molar-refractivity contribution in [3.05, 3.63) is 18.0 Å². The molecule has 1 saturated carbocycles. The number of esters is 1. The van der Waals surface area contributed by atoms with Crippen molar-refractivity contribution in [1.82, 2.24) is 9.78 Å². The number of hydrogen-bond donors (Lipinski definition) is 1. The lowest BCUT2D eigenvalue weighted by Gasteiger charge is -2.27. The zero-order valence-electron chi connectivity index (χ0n) is 15.7. The van der Waals surface area contributed by atoms with Crippen LogP contribution in [-0.2, 0) is 25.7 Å². The van der Waals surface area contributed by atoms with E-state index in [0.717, 1.165) is 31.2 Å². The molecule has 0 aliphatic heterocycles. The summed E-state index contributed by atoms with van der Waals surface area (Å²) in [5, 5.41) is 13.5. The molecule has 0 spiro atoms. The van der Waals surface area contributed by atoms with E-state index >= 15 is 0 Å². The minimum absolute atomic E-state index is 0.0270. The van der Waals surface area contributed by atoms with Crippen LogP contribution in [0, 0.1) is 11.3 Å². The lowest BCUT2D eigenvalue weighted by molar-refractivity contribution is -0.148. The average molecular weight is 364 g/mol. The normalized spacial score (nSPS) is 20.6. The lowest BCUT2D eigenvalue weighted by Crippen LogP contribution is -2.29. The number of ether oxygens (including phenoxy) is 1. The van der Waals surface area contributed by atoms with E-state index in [1.54, 1.807) is 31.6 Å². The zero-order valence-corrected chi connectivity index (χ0v) is 15.7. The Balaban J connectivity index is 1.87. The second-order valence-corrected chi connectivity index (χ2v) is 7.66. The fourth-order valence-corrected chi connectivity index (χ4v) is 3.40. The third kappa shape index (κ3) is 5.16. The Morgan fingerprint density at radius 2 is 1.92 bits per heavy atom. The zero-order chi connectivity index (χ0) is 19.3. The number of nitrogens with zero attached hydrogens (tertiary/aromatic N) is 2. The van der Waals surface area contributed by atoms with E-state index in [-0.39, 0.29) is 18.1 Å². The Hall–Kier alpha value is -2.18. The first kappa shape index (κ1) is 20.1. The molecule has 0 amide bonds. The summed E-state index contributed by atoms with van der Waals surface area (Å²) in [6.07, 6.45) is 6.83. The maximum atomic E-state index is 12.2. The number of aromatic nitrogens is 2. The van der Waals surface area contributed by atoms with Crippen LogP contribution in [0.25, 0.3) is 0 Å². The number of carboxylic acid groups (broad SMARTS) is 1. The molecule has 26 heavy (non-hydrogen) atoms. The van der Waals surface area contributed by atoms with Gasteiger partial charge in [0.05, 0.1) is 24.8 Å². The van der Waals surface area contributed by atoms with E-state index in [0.29, 0.717) is 19.1 Å². The predicted octanol–water partition coefficient (Wildman–Crippen LogP) is 2.79. The molecular weight excluding hydrogens is 336 g/mol. The van der Waals surface area contributed by atoms with Crippen LogP contribution in [0.3, 0.4) is 0 Å². The molecule has 2 rings (SSSR count). The van der Waals surface area contributed by atoms with Crippen molar-refractivity contribution in [1.29, 1.82) is 0 Å². The highest BCUT2D eigenvalue weighted by Crippen LogP contribution is 2.36. The minimum Gasteiger partial charge on any atom is -0.481 e. The first-order chi connectivity index (χ1) is 12.2. The summed E-state index contributed by atoms with van der Waals surface area (Å²) in [7, 11) is 0. The smallest absolute Gasteiger partial charge is 0.313 e. The third-order valence-corrected chi connectivity index (χ3v) is 5.07. The van der Waals surface area contributed by atoms with Gasteiger partial charge in [0.1, 0.15) is 12.2 Å². The van der Waals surface area contributed by atoms with E-state index < -0.39 is 17.4 Å². The summed E-state index contributed by atoms with van der Waals surface area (Å²) in [6.45, 7) is 5.69. The molecule has 1 aromatic rings. The fraction of sp³-hybridized carbons (Fsp3) is 0.684. The highest BCUT2D eigenvalue weighted by Gasteiger charge is 2.30. The van der Waals surface area contributed by atoms with E-state index in [1.807, 2.05) is 6.20 Å². The van der Waals surface area contributed by atoms with E-state index in [2.05, 4.69) is 5.10 Å². The molecule has 7 heteroatoms. The van der Waals surface area contributed by atoms with Gasteiger partial charge in [-0.15, -0.1) is 0 Å². The van der Waals surface area contributed by atoms with Gasteiger partial charge in [0, 0.05) is 12.1 Å². The van der Waals surface area contributed by atoms with Crippen molar-refractivity contribution in [2.24, 2.45) is 11.3 Å². The van der Waals surface area contributed by atoms with Gasteiger partial charge in [-0.25, -0.2) is 0 Å². The molecule has 1 N–H and O–H groups in total. The monoisotopic (exact) mass is 364 g/mol. The van der Waals surface area contributed by atoms with Crippen molar-refractivity contribution in [2.45, 2.75) is 65.3 Å². The summed E-state index contributed by atoms with van der Waals surface area (Å²) >= 11 is 0. The number of hydrogen-bond acceptors (Lipinski definition) is 5. The summed E-state index contributed by atoms with van der Waals surface area (Å²) < 4.78 is 6.52. The molecule has 1 heterocycles. The van der Waals surface area contributed by atoms with Crippen LogP contribution in [0.15, 0.2) is 12.4 Å². The van der Waals surface area contributed by atoms with Crippen molar-refractivity contribution < 1.29 is 24.2 Å². The van der Waals surface area contributed by atoms with Crippen LogP contribution in [0.2, 0.25) is 0 Å². The number of carbonyl (C=O) groups excluding carboxylic acids is 2. The van der Waals surface area contributed by atoms with Gasteiger partial charge in [-0.05, 0) is 57.9 Å². The molecule has 0 unspecified atom stereocenters. The van der Waals surface area contributed by atoms with Gasteiger partial charge in [0.25, 0.3) is 0 Å². The number of Topliss-reactive ketones (excluding diaryl/α,β-unsaturated/α-hetero) is 1. The molecule has 1 fully saturated rings. The standard InChI is InChI=1S/C19H28N2O5/c1-4-26-17(23)9-16(22)14-7-5-13(6-8-14)15-10-20-21(11-15)12-19(2,3)18(24)25/h10-11,13-14H,4-9,12H2,1-3H3,(H,24,25). The van der Waals surface area contributed by atoms with E-state index in [4.69, 9.17) is 4.74 Å². The van der Waals surface area contributed by atoms with Gasteiger partial charge in [-0.3, -0.25) is 19.1 Å². The van der Waals surface area contributed by atoms with Crippen molar-refractivity contribution >= 4 is 17.7 Å². The lowest BCUT2D eigenvalue weighted by atomic mass is 9.77. The Kier molecular flexibility index (Phi) is 6.56. The number of carbonyl (C=O) groups is 3. The number of carboxylic acids is 1. The van der Waals surface area contributed by atoms with Crippen molar-refractivity contribution in [2.75, 3.05) is 6.61 Å². The maximum absolute atomic E-state index is 12.2. The maximum Gasteiger partial charge on any atom is 0.313 e. The predicted molar refractivity (Wildman–Crippen MR) is 94.6 cm³/mol. The average Bonchev–Trinajstić information content (AvgIpc) is 3.02. The Morgan fingerprint density at radius 1 is 1.27 bits per heavy atom. The second-order valence-electron chi connectivity index (χ2n) is 7.66. The molecular formula is C19H28N2O5. The topological polar surface area (TPSA) is 98.5 Å². The van der Waals surface area contributed by atoms with Crippen LogP contribution in [0.5, 0.6) is 0 Å². The number of rotatable bonds is 8. The van der Waals surface area contributed by atoms with Crippen molar-refractivity contribution in [3.8, 4) is 0 Å². The number of aliphatic carboxylic acids is 1. The Bertz CT molecular complexity index is 657. The Labute approximate surface area is 153 Å². The summed E-state index contributed by atoms with van der Waals surface area (Å²) in [5.74, 6) is -1.07. The minimum atomic E-state index is -0.875. The highest BCUT2D eigenvalue weighted by molar-refractivity contribution is 5.96. The summed E-state index contributed by atoms with van der Waals surface area (Å²) in [5.41, 5.74) is 0.211. The third-order valence-electron chi connectivity index (χ3n) is 5.07. The van der Waals surface area contributed by atoms with Gasteiger partial charge < -0.3 is 9.84 Å². The Morgan fingerprint density at radius 3 is 2.50 bits per heavy atom. The van der Waals surface area contributed by atoms with E-state index in [9.17, 15) is 19.5 Å². The molecule has 0 bridgehead atoms. The first-order valence-corrected chi connectivity index (χ1v) is 9.17. The molecule has 1 aliphatic carbocycles. The van der Waals surface area contributed by atoms with Crippen LogP contribution in [0.4, 0.5) is 0 Å². The molecule has 0 saturated heterocycles. The highest BCUT2D eigenvalue weighted by atomic mass is 16.5. The fourth-order valence-electron chi connectivity index (χ4n) is 3.40. The van der Waals surface area contributed by atoms with Crippen LogP contribution in [-0.4, -0.2) is 39.2 Å². The van der Waals surface area contributed by atoms with E-state index in [1.165, 1.54) is 0 Å². The molecule has 0 atom stereocenters. The molecule has 144 valence electrons. The van der Waals surface area contributed by atoms with Gasteiger partial charge in [0.2, 0.25) is 0 Å². The second kappa shape index (κ2) is 8.47. The molecule has 7 nitrogen and oxygen atoms in total. The van der Waals surface area contributed by atoms with Crippen LogP contribution >= 0.6 is 0 Å². The molecule has 1 aromatic heterocycles. The van der Waals surface area contributed by atoms with Gasteiger partial charge in [-0.2, -0.15) is 5.10 Å². The SMILES string of the molecule is CCOC(=O)CC(=O)C1CCC(c2cnn(CC(C)(C)C(=O)O)c2)CC1.